The van der Waals surface area contributed by atoms with E-state index in [1.165, 1.54) is 4.90 Å². The lowest BCUT2D eigenvalue weighted by Gasteiger charge is -2.35. The molecular weight excluding hydrogens is 204 g/mol. The highest BCUT2D eigenvalue weighted by molar-refractivity contribution is 7.87. The molecule has 0 aromatic heterocycles. The molecule has 0 radical (unpaired) electrons. The average molecular weight is 224 g/mol. The molecule has 0 aromatic carbocycles. The molecule has 0 saturated heterocycles. The summed E-state index contributed by atoms with van der Waals surface area (Å²) in [7, 11) is -0.785. The predicted molar refractivity (Wildman–Crippen MR) is 56.5 cm³/mol. The van der Waals surface area contributed by atoms with Gasteiger partial charge in [-0.1, -0.05) is 6.92 Å². The van der Waals surface area contributed by atoms with Crippen molar-refractivity contribution in [3.05, 3.63) is 0 Å². The molecule has 0 rings (SSSR count). The van der Waals surface area contributed by atoms with Gasteiger partial charge in [0.15, 0.2) is 0 Å². The fourth-order valence-electron chi connectivity index (χ4n) is 1.64. The Hall–Kier alpha value is -0.170. The molecule has 0 aromatic rings. The lowest BCUT2D eigenvalue weighted by atomic mass is 10.1. The second kappa shape index (κ2) is 5.06. The van der Waals surface area contributed by atoms with Crippen molar-refractivity contribution in [2.75, 3.05) is 20.6 Å². The molecule has 1 unspecified atom stereocenters. The Morgan fingerprint density at radius 1 is 1.43 bits per heavy atom. The average Bonchev–Trinajstić information content (AvgIpc) is 2.03. The van der Waals surface area contributed by atoms with Gasteiger partial charge in [0.05, 0.1) is 0 Å². The van der Waals surface area contributed by atoms with E-state index in [-0.39, 0.29) is 0 Å². The smallest absolute Gasteiger partial charge is 0.284 e. The lowest BCUT2D eigenvalue weighted by molar-refractivity contribution is 0.200. The van der Waals surface area contributed by atoms with E-state index >= 15 is 0 Å². The maximum atomic E-state index is 11.3. The molecule has 6 heteroatoms. The van der Waals surface area contributed by atoms with Crippen molar-refractivity contribution in [2.24, 2.45) is 5.73 Å². The summed E-state index contributed by atoms with van der Waals surface area (Å²) in [5.41, 5.74) is 5.34. The van der Waals surface area contributed by atoms with Crippen LogP contribution in [0.15, 0.2) is 0 Å². The topological polar surface area (TPSA) is 83.6 Å². The normalized spacial score (nSPS) is 17.0. The highest BCUT2D eigenvalue weighted by Gasteiger charge is 2.42. The first-order valence-electron chi connectivity index (χ1n) is 4.66. The largest absolute Gasteiger partial charge is 0.330 e. The van der Waals surface area contributed by atoms with Gasteiger partial charge < -0.3 is 5.73 Å². The molecule has 0 amide bonds. The van der Waals surface area contributed by atoms with Crippen molar-refractivity contribution < 1.29 is 13.0 Å². The second-order valence-corrected chi connectivity index (χ2v) is 5.27. The van der Waals surface area contributed by atoms with Crippen LogP contribution in [0.1, 0.15) is 26.2 Å². The van der Waals surface area contributed by atoms with Crippen LogP contribution in [0.2, 0.25) is 0 Å². The Kier molecular flexibility index (Phi) is 5.00. The van der Waals surface area contributed by atoms with Gasteiger partial charge in [0.25, 0.3) is 10.1 Å². The van der Waals surface area contributed by atoms with Crippen LogP contribution in [0.4, 0.5) is 0 Å². The van der Waals surface area contributed by atoms with E-state index in [9.17, 15) is 13.0 Å². The van der Waals surface area contributed by atoms with Crippen LogP contribution < -0.4 is 5.73 Å². The van der Waals surface area contributed by atoms with Gasteiger partial charge in [0.1, 0.15) is 4.87 Å². The van der Waals surface area contributed by atoms with Gasteiger partial charge in [0, 0.05) is 0 Å². The highest BCUT2D eigenvalue weighted by atomic mass is 32.2. The monoisotopic (exact) mass is 224 g/mol. The van der Waals surface area contributed by atoms with Crippen LogP contribution >= 0.6 is 0 Å². The minimum absolute atomic E-state index is 0.346. The van der Waals surface area contributed by atoms with Crippen molar-refractivity contribution in [3.8, 4) is 0 Å². The van der Waals surface area contributed by atoms with Crippen LogP contribution in [0.5, 0.6) is 0 Å². The Labute approximate surface area is 86.0 Å². The third-order valence-corrected chi connectivity index (χ3v) is 4.44. The number of nitrogens with zero attached hydrogens (tertiary/aromatic N) is 1. The molecular formula is C8H20N2O3S. The van der Waals surface area contributed by atoms with Gasteiger partial charge in [-0.2, -0.15) is 8.42 Å². The van der Waals surface area contributed by atoms with Crippen molar-refractivity contribution >= 4 is 10.1 Å². The molecule has 0 aliphatic heterocycles. The number of hydrogen-bond acceptors (Lipinski definition) is 4. The van der Waals surface area contributed by atoms with Gasteiger partial charge in [-0.15, -0.1) is 0 Å². The summed E-state index contributed by atoms with van der Waals surface area (Å²) >= 11 is 0. The van der Waals surface area contributed by atoms with Gasteiger partial charge in [-0.05, 0) is 39.9 Å². The fourth-order valence-corrected chi connectivity index (χ4v) is 2.87. The Bertz CT molecular complexity index is 264. The van der Waals surface area contributed by atoms with Crippen LogP contribution in [-0.2, 0) is 10.1 Å². The van der Waals surface area contributed by atoms with E-state index in [0.29, 0.717) is 25.8 Å². The summed E-state index contributed by atoms with van der Waals surface area (Å²) in [4.78, 5) is 0.352. The fraction of sp³-hybridized carbons (Fsp3) is 1.00. The van der Waals surface area contributed by atoms with Crippen LogP contribution in [0, 0.1) is 0 Å². The van der Waals surface area contributed by atoms with Crippen LogP contribution in [0.25, 0.3) is 0 Å². The van der Waals surface area contributed by atoms with E-state index in [1.807, 2.05) is 0 Å². The molecule has 86 valence electrons. The van der Waals surface area contributed by atoms with Crippen LogP contribution in [0.3, 0.4) is 0 Å². The van der Waals surface area contributed by atoms with Crippen LogP contribution in [-0.4, -0.2) is 43.4 Å². The molecule has 0 saturated carbocycles. The zero-order valence-corrected chi connectivity index (χ0v) is 9.84. The summed E-state index contributed by atoms with van der Waals surface area (Å²) in [6, 6.07) is 0. The first-order chi connectivity index (χ1) is 6.31. The molecule has 0 fully saturated rings. The molecule has 14 heavy (non-hydrogen) atoms. The standard InChI is InChI=1S/C8H20N2O3S/c1-4-8(10(2)3,6-5-7-9)14(11,12)13/h4-7,9H2,1-3H3,(H,11,12,13). The molecule has 0 aliphatic rings. The van der Waals surface area contributed by atoms with Crippen molar-refractivity contribution in [1.29, 1.82) is 0 Å². The maximum Gasteiger partial charge on any atom is 0.284 e. The van der Waals surface area contributed by atoms with Gasteiger partial charge >= 0.3 is 0 Å². The molecule has 5 nitrogen and oxygen atoms in total. The molecule has 0 spiro atoms. The molecule has 1 atom stereocenters. The summed E-state index contributed by atoms with van der Waals surface area (Å²) in [5.74, 6) is 0. The third kappa shape index (κ3) is 2.66. The maximum absolute atomic E-state index is 11.3. The zero-order chi connectivity index (χ0) is 11.4. The van der Waals surface area contributed by atoms with Gasteiger partial charge in [-0.25, -0.2) is 0 Å². The van der Waals surface area contributed by atoms with Gasteiger partial charge in [-0.3, -0.25) is 9.45 Å². The minimum Gasteiger partial charge on any atom is -0.330 e. The van der Waals surface area contributed by atoms with E-state index in [0.717, 1.165) is 0 Å². The zero-order valence-electron chi connectivity index (χ0n) is 9.02. The van der Waals surface area contributed by atoms with Gasteiger partial charge in [0.2, 0.25) is 0 Å². The predicted octanol–water partition coefficient (Wildman–Crippen LogP) is 0.281. The van der Waals surface area contributed by atoms with E-state index in [2.05, 4.69) is 0 Å². The summed E-state index contributed by atoms with van der Waals surface area (Å²) in [6.45, 7) is 2.16. The van der Waals surface area contributed by atoms with E-state index in [1.54, 1.807) is 21.0 Å². The third-order valence-electron chi connectivity index (χ3n) is 2.62. The SMILES string of the molecule is CCC(CCCN)(N(C)C)S(=O)(=O)O. The van der Waals surface area contributed by atoms with Crippen molar-refractivity contribution in [3.63, 3.8) is 0 Å². The molecule has 0 heterocycles. The number of nitrogens with two attached hydrogens (primary N) is 1. The van der Waals surface area contributed by atoms with Crippen molar-refractivity contribution in [1.82, 2.24) is 4.90 Å². The Morgan fingerprint density at radius 2 is 1.93 bits per heavy atom. The quantitative estimate of drug-likeness (QED) is 0.633. The summed E-state index contributed by atoms with van der Waals surface area (Å²) < 4.78 is 31.8. The summed E-state index contributed by atoms with van der Waals surface area (Å²) in [6.07, 6.45) is 1.27. The molecule has 3 N–H and O–H groups in total. The first-order valence-corrected chi connectivity index (χ1v) is 6.10. The molecule has 0 bridgehead atoms. The lowest BCUT2D eigenvalue weighted by Crippen LogP contribution is -2.50. The Morgan fingerprint density at radius 3 is 2.14 bits per heavy atom. The number of rotatable bonds is 6. The second-order valence-electron chi connectivity index (χ2n) is 3.56. The van der Waals surface area contributed by atoms with Crippen molar-refractivity contribution in [2.45, 2.75) is 31.1 Å². The number of hydrogen-bond donors (Lipinski definition) is 2. The highest BCUT2D eigenvalue weighted by Crippen LogP contribution is 2.28. The van der Waals surface area contributed by atoms with E-state index < -0.39 is 15.0 Å². The Balaban J connectivity index is 5.00. The summed E-state index contributed by atoms with van der Waals surface area (Å²) in [5, 5.41) is 0. The molecule has 0 aliphatic carbocycles. The van der Waals surface area contributed by atoms with E-state index in [4.69, 9.17) is 5.73 Å². The minimum atomic E-state index is -4.08. The first kappa shape index (κ1) is 13.8.